The van der Waals surface area contributed by atoms with Crippen LogP contribution < -0.4 is 14.8 Å². The third kappa shape index (κ3) is 5.53. The van der Waals surface area contributed by atoms with Gasteiger partial charge in [0.05, 0.1) is 18.5 Å². The highest BCUT2D eigenvalue weighted by molar-refractivity contribution is 6.02. The van der Waals surface area contributed by atoms with Crippen molar-refractivity contribution in [3.63, 3.8) is 0 Å². The van der Waals surface area contributed by atoms with Crippen molar-refractivity contribution < 1.29 is 23.5 Å². The maximum absolute atomic E-state index is 13.6. The second kappa shape index (κ2) is 10.7. The number of nitrogens with one attached hydrogen (secondary N) is 1. The van der Waals surface area contributed by atoms with Crippen molar-refractivity contribution in [3.05, 3.63) is 90.4 Å². The Balaban J connectivity index is 1.34. The Bertz CT molecular complexity index is 1390. The van der Waals surface area contributed by atoms with Crippen LogP contribution in [0.2, 0.25) is 0 Å². The van der Waals surface area contributed by atoms with Crippen molar-refractivity contribution in [1.29, 1.82) is 0 Å². The Kier molecular flexibility index (Phi) is 6.98. The molecule has 1 aromatic heterocycles. The zero-order chi connectivity index (χ0) is 25.8. The van der Waals surface area contributed by atoms with Crippen LogP contribution in [0.3, 0.4) is 0 Å². The topological polar surface area (TPSA) is 84.2 Å². The van der Waals surface area contributed by atoms with E-state index < -0.39 is 0 Å². The summed E-state index contributed by atoms with van der Waals surface area (Å²) in [6.07, 6.45) is 1.58. The summed E-state index contributed by atoms with van der Waals surface area (Å²) in [5.41, 5.74) is 1.59. The average Bonchev–Trinajstić information content (AvgIpc) is 3.58. The molecule has 2 heterocycles. The number of carbonyl (C=O) groups excluding carboxylic acids is 2. The molecule has 0 spiro atoms. The second-order valence-electron chi connectivity index (χ2n) is 9.20. The highest BCUT2D eigenvalue weighted by Gasteiger charge is 2.25. The molecule has 3 aromatic carbocycles. The summed E-state index contributed by atoms with van der Waals surface area (Å²) in [7, 11) is 0. The van der Waals surface area contributed by atoms with Crippen LogP contribution in [0.25, 0.3) is 10.8 Å². The first-order valence-corrected chi connectivity index (χ1v) is 12.2. The Morgan fingerprint density at radius 2 is 1.73 bits per heavy atom. The summed E-state index contributed by atoms with van der Waals surface area (Å²) >= 11 is 0. The number of carbonyl (C=O) groups is 2. The molecule has 0 unspecified atom stereocenters. The van der Waals surface area contributed by atoms with Crippen LogP contribution in [0.15, 0.2) is 83.5 Å². The van der Waals surface area contributed by atoms with Gasteiger partial charge in [-0.15, -0.1) is 0 Å². The SMILES string of the molecule is CC(C)N(CC(=O)N(Cc1ccc2c(c1)OCO2)Cc1ccco1)C(=O)Nc1cccc2ccccc12. The van der Waals surface area contributed by atoms with Gasteiger partial charge in [0.25, 0.3) is 0 Å². The lowest BCUT2D eigenvalue weighted by atomic mass is 10.1. The molecule has 8 heteroatoms. The van der Waals surface area contributed by atoms with Crippen LogP contribution in [0.5, 0.6) is 11.5 Å². The van der Waals surface area contributed by atoms with Gasteiger partial charge in [-0.05, 0) is 55.1 Å². The average molecular weight is 500 g/mol. The van der Waals surface area contributed by atoms with Gasteiger partial charge >= 0.3 is 6.03 Å². The van der Waals surface area contributed by atoms with Crippen LogP contribution in [-0.2, 0) is 17.9 Å². The molecule has 8 nitrogen and oxygen atoms in total. The van der Waals surface area contributed by atoms with Crippen LogP contribution in [0.1, 0.15) is 25.2 Å². The van der Waals surface area contributed by atoms with E-state index >= 15 is 0 Å². The van der Waals surface area contributed by atoms with Gasteiger partial charge in [-0.1, -0.05) is 42.5 Å². The normalized spacial score (nSPS) is 12.1. The molecule has 190 valence electrons. The van der Waals surface area contributed by atoms with Gasteiger partial charge in [0, 0.05) is 18.0 Å². The number of hydrogen-bond donors (Lipinski definition) is 1. The standard InChI is InChI=1S/C29H29N3O5/c1-20(2)32(29(34)30-25-11-5-8-22-7-3-4-10-24(22)25)18-28(33)31(17-23-9-6-14-35-23)16-21-12-13-26-27(15-21)37-19-36-26/h3-15,20H,16-19H2,1-2H3,(H,30,34). The summed E-state index contributed by atoms with van der Waals surface area (Å²) in [5.74, 6) is 1.80. The zero-order valence-corrected chi connectivity index (χ0v) is 20.8. The quantitative estimate of drug-likeness (QED) is 0.340. The lowest BCUT2D eigenvalue weighted by Gasteiger charge is -2.30. The summed E-state index contributed by atoms with van der Waals surface area (Å²) in [5, 5.41) is 4.97. The molecule has 0 atom stereocenters. The van der Waals surface area contributed by atoms with E-state index in [-0.39, 0.29) is 37.9 Å². The maximum atomic E-state index is 13.6. The molecule has 1 aliphatic heterocycles. The zero-order valence-electron chi connectivity index (χ0n) is 20.8. The van der Waals surface area contributed by atoms with E-state index in [2.05, 4.69) is 5.32 Å². The molecule has 0 saturated carbocycles. The Hall–Kier alpha value is -4.46. The molecule has 37 heavy (non-hydrogen) atoms. The molecule has 5 rings (SSSR count). The summed E-state index contributed by atoms with van der Waals surface area (Å²) in [6.45, 7) is 4.49. The van der Waals surface area contributed by atoms with Gasteiger partial charge < -0.3 is 29.0 Å². The number of ether oxygens (including phenoxy) is 2. The highest BCUT2D eigenvalue weighted by atomic mass is 16.7. The molecule has 3 amide bonds. The number of fused-ring (bicyclic) bond motifs is 2. The van der Waals surface area contributed by atoms with Crippen molar-refractivity contribution in [1.82, 2.24) is 9.80 Å². The lowest BCUT2D eigenvalue weighted by Crippen LogP contribution is -2.47. The van der Waals surface area contributed by atoms with Gasteiger partial charge in [-0.3, -0.25) is 4.79 Å². The van der Waals surface area contributed by atoms with Crippen molar-refractivity contribution in [2.75, 3.05) is 18.7 Å². The molecule has 0 aliphatic carbocycles. The first-order valence-electron chi connectivity index (χ1n) is 12.2. The second-order valence-corrected chi connectivity index (χ2v) is 9.20. The summed E-state index contributed by atoms with van der Waals surface area (Å²) < 4.78 is 16.4. The minimum atomic E-state index is -0.333. The third-order valence-electron chi connectivity index (χ3n) is 6.31. The van der Waals surface area contributed by atoms with Crippen LogP contribution in [0.4, 0.5) is 10.5 Å². The number of furan rings is 1. The molecule has 0 bridgehead atoms. The van der Waals surface area contributed by atoms with Gasteiger partial charge in [-0.25, -0.2) is 4.79 Å². The fourth-order valence-electron chi connectivity index (χ4n) is 4.34. The molecule has 0 saturated heterocycles. The van der Waals surface area contributed by atoms with E-state index in [1.54, 1.807) is 22.1 Å². The largest absolute Gasteiger partial charge is 0.467 e. The van der Waals surface area contributed by atoms with E-state index in [1.807, 2.05) is 80.6 Å². The maximum Gasteiger partial charge on any atom is 0.322 e. The highest BCUT2D eigenvalue weighted by Crippen LogP contribution is 2.33. The number of amides is 3. The van der Waals surface area contributed by atoms with Crippen molar-refractivity contribution in [2.24, 2.45) is 0 Å². The van der Waals surface area contributed by atoms with Crippen LogP contribution in [0, 0.1) is 0 Å². The smallest absolute Gasteiger partial charge is 0.322 e. The summed E-state index contributed by atoms with van der Waals surface area (Å²) in [6, 6.07) is 22.3. The van der Waals surface area contributed by atoms with E-state index in [1.165, 1.54) is 0 Å². The molecule has 1 aliphatic rings. The van der Waals surface area contributed by atoms with Crippen LogP contribution >= 0.6 is 0 Å². The van der Waals surface area contributed by atoms with E-state index in [9.17, 15) is 9.59 Å². The Morgan fingerprint density at radius 3 is 2.54 bits per heavy atom. The van der Waals surface area contributed by atoms with E-state index in [0.717, 1.165) is 16.3 Å². The van der Waals surface area contributed by atoms with Gasteiger partial charge in [0.15, 0.2) is 11.5 Å². The van der Waals surface area contributed by atoms with Crippen LogP contribution in [-0.4, -0.2) is 41.1 Å². The fourth-order valence-corrected chi connectivity index (χ4v) is 4.34. The summed E-state index contributed by atoms with van der Waals surface area (Å²) in [4.78, 5) is 30.2. The Labute approximate surface area is 215 Å². The number of anilines is 1. The van der Waals surface area contributed by atoms with Crippen molar-refractivity contribution in [2.45, 2.75) is 33.0 Å². The fraction of sp³-hybridized carbons (Fsp3) is 0.241. The first kappa shape index (κ1) is 24.2. The minimum absolute atomic E-state index is 0.0838. The molecule has 4 aromatic rings. The predicted molar refractivity (Wildman–Crippen MR) is 140 cm³/mol. The molecular formula is C29H29N3O5. The van der Waals surface area contributed by atoms with Gasteiger partial charge in [0.2, 0.25) is 12.7 Å². The first-order chi connectivity index (χ1) is 18.0. The predicted octanol–water partition coefficient (Wildman–Crippen LogP) is 5.63. The molecular weight excluding hydrogens is 470 g/mol. The third-order valence-corrected chi connectivity index (χ3v) is 6.31. The van der Waals surface area contributed by atoms with Gasteiger partial charge in [0.1, 0.15) is 12.3 Å². The number of urea groups is 1. The number of hydrogen-bond acceptors (Lipinski definition) is 5. The lowest BCUT2D eigenvalue weighted by molar-refractivity contribution is -0.133. The Morgan fingerprint density at radius 1 is 0.919 bits per heavy atom. The molecule has 1 N–H and O–H groups in total. The monoisotopic (exact) mass is 499 g/mol. The number of benzene rings is 3. The molecule has 0 fully saturated rings. The van der Waals surface area contributed by atoms with Gasteiger partial charge in [-0.2, -0.15) is 0 Å². The van der Waals surface area contributed by atoms with E-state index in [0.29, 0.717) is 29.5 Å². The minimum Gasteiger partial charge on any atom is -0.467 e. The van der Waals surface area contributed by atoms with E-state index in [4.69, 9.17) is 13.9 Å². The molecule has 0 radical (unpaired) electrons. The number of nitrogens with zero attached hydrogens (tertiary/aromatic N) is 2. The van der Waals surface area contributed by atoms with Crippen molar-refractivity contribution in [3.8, 4) is 11.5 Å². The number of rotatable bonds is 8. The van der Waals surface area contributed by atoms with Crippen molar-refractivity contribution >= 4 is 28.4 Å².